The van der Waals surface area contributed by atoms with Crippen molar-refractivity contribution >= 4 is 13.6 Å². The van der Waals surface area contributed by atoms with Crippen molar-refractivity contribution in [1.82, 2.24) is 0 Å². The quantitative estimate of drug-likeness (QED) is 0.329. The van der Waals surface area contributed by atoms with Crippen molar-refractivity contribution in [3.63, 3.8) is 0 Å². The van der Waals surface area contributed by atoms with Crippen molar-refractivity contribution in [3.8, 4) is 0 Å². The zero-order valence-corrected chi connectivity index (χ0v) is 12.5. The first kappa shape index (κ1) is 16.5. The number of hydrogen-bond donors (Lipinski definition) is 0. The predicted molar refractivity (Wildman–Crippen MR) is 68.1 cm³/mol. The molecule has 0 radical (unpaired) electrons. The Kier molecular flexibility index (Phi) is 5.76. The summed E-state index contributed by atoms with van der Waals surface area (Å²) in [5, 5.41) is 0. The van der Waals surface area contributed by atoms with Gasteiger partial charge in [-0.05, 0) is 10.8 Å². The summed E-state index contributed by atoms with van der Waals surface area (Å²) in [6.45, 7) is 12.3. The molecule has 0 aliphatic rings. The highest BCUT2D eigenvalue weighted by Crippen LogP contribution is 2.47. The van der Waals surface area contributed by atoms with Gasteiger partial charge in [-0.1, -0.05) is 41.5 Å². The lowest BCUT2D eigenvalue weighted by molar-refractivity contribution is 0.00332. The minimum Gasteiger partial charge on any atom is -0.361 e. The number of nitrogens with zero attached hydrogens (tertiary/aromatic N) is 2. The Morgan fingerprint density at radius 1 is 1.06 bits per heavy atom. The molecule has 0 heterocycles. The molecule has 0 N–H and O–H groups in total. The molecular weight excluding hydrogens is 239 g/mol. The molecule has 0 aliphatic heterocycles. The van der Waals surface area contributed by atoms with Gasteiger partial charge in [0.1, 0.15) is 0 Å². The summed E-state index contributed by atoms with van der Waals surface area (Å²) in [6, 6.07) is 0. The third-order valence-corrected chi connectivity index (χ3v) is 2.91. The summed E-state index contributed by atoms with van der Waals surface area (Å²) in [5.41, 5.74) is 8.23. The van der Waals surface area contributed by atoms with Crippen LogP contribution in [0.25, 0.3) is 5.53 Å². The average molecular weight is 262 g/mol. The van der Waals surface area contributed by atoms with Gasteiger partial charge in [0.25, 0.3) is 0 Å². The molecule has 0 atom stereocenters. The SMILES string of the molecule is CC(C)(C)COP(=O)(C=[N+]=[N-])OCC(C)(C)C. The highest BCUT2D eigenvalue weighted by Gasteiger charge is 2.31. The Balaban J connectivity index is 4.59. The van der Waals surface area contributed by atoms with E-state index in [9.17, 15) is 4.57 Å². The van der Waals surface area contributed by atoms with Crippen LogP contribution in [0, 0.1) is 10.8 Å². The molecule has 0 aromatic carbocycles. The Bertz CT molecular complexity index is 314. The zero-order valence-electron chi connectivity index (χ0n) is 11.6. The lowest BCUT2D eigenvalue weighted by atomic mass is 9.99. The fourth-order valence-corrected chi connectivity index (χ4v) is 2.20. The highest BCUT2D eigenvalue weighted by molar-refractivity contribution is 7.69. The topological polar surface area (TPSA) is 71.9 Å². The Morgan fingerprint density at radius 3 is 1.65 bits per heavy atom. The van der Waals surface area contributed by atoms with Gasteiger partial charge in [0.15, 0.2) is 0 Å². The molecule has 0 unspecified atom stereocenters. The second-order valence-electron chi connectivity index (χ2n) is 6.44. The van der Waals surface area contributed by atoms with Crippen LogP contribution in [0.5, 0.6) is 0 Å². The molecule has 0 rings (SSSR count). The van der Waals surface area contributed by atoms with Crippen molar-refractivity contribution in [1.29, 1.82) is 0 Å². The first-order valence-electron chi connectivity index (χ1n) is 5.55. The Hall–Kier alpha value is -0.470. The molecule has 0 saturated heterocycles. The van der Waals surface area contributed by atoms with Crippen molar-refractivity contribution in [2.45, 2.75) is 41.5 Å². The Labute approximate surface area is 104 Å². The molecule has 0 amide bonds. The molecule has 0 spiro atoms. The summed E-state index contributed by atoms with van der Waals surface area (Å²) in [5.74, 6) is 0.838. The van der Waals surface area contributed by atoms with E-state index in [-0.39, 0.29) is 24.0 Å². The number of hydrogen-bond acceptors (Lipinski definition) is 3. The summed E-state index contributed by atoms with van der Waals surface area (Å²) >= 11 is 0. The van der Waals surface area contributed by atoms with E-state index in [2.05, 4.69) is 4.79 Å². The number of rotatable bonds is 5. The van der Waals surface area contributed by atoms with Crippen molar-refractivity contribution in [2.75, 3.05) is 13.2 Å². The minimum atomic E-state index is -3.45. The van der Waals surface area contributed by atoms with Crippen molar-refractivity contribution < 1.29 is 18.4 Å². The fourth-order valence-electron chi connectivity index (χ4n) is 0.734. The smallest absolute Gasteiger partial charge is 0.361 e. The maximum atomic E-state index is 12.2. The van der Waals surface area contributed by atoms with E-state index in [1.165, 1.54) is 0 Å². The minimum absolute atomic E-state index is 0.135. The van der Waals surface area contributed by atoms with Crippen LogP contribution in [0.15, 0.2) is 0 Å². The highest BCUT2D eigenvalue weighted by atomic mass is 31.2. The molecule has 100 valence electrons. The van der Waals surface area contributed by atoms with E-state index in [0.717, 1.165) is 5.96 Å². The van der Waals surface area contributed by atoms with Gasteiger partial charge in [-0.15, -0.1) is 0 Å². The molecule has 0 saturated carbocycles. The third kappa shape index (κ3) is 9.25. The van der Waals surface area contributed by atoms with Crippen LogP contribution in [0.1, 0.15) is 41.5 Å². The second kappa shape index (κ2) is 5.92. The van der Waals surface area contributed by atoms with Gasteiger partial charge in [-0.25, -0.2) is 4.57 Å². The molecule has 0 fully saturated rings. The first-order chi connectivity index (χ1) is 7.47. The largest absolute Gasteiger partial charge is 0.434 e. The van der Waals surface area contributed by atoms with Crippen LogP contribution >= 0.6 is 7.60 Å². The molecular formula is C11H23N2O3P. The fraction of sp³-hybridized carbons (Fsp3) is 0.909. The van der Waals surface area contributed by atoms with E-state index in [1.54, 1.807) is 0 Å². The van der Waals surface area contributed by atoms with Crippen LogP contribution < -0.4 is 0 Å². The van der Waals surface area contributed by atoms with E-state index in [4.69, 9.17) is 14.6 Å². The summed E-state index contributed by atoms with van der Waals surface area (Å²) in [7, 11) is -3.45. The predicted octanol–water partition coefficient (Wildman–Crippen LogP) is 3.56. The third-order valence-electron chi connectivity index (χ3n) is 1.55. The first-order valence-corrected chi connectivity index (χ1v) is 7.16. The van der Waals surface area contributed by atoms with Crippen LogP contribution in [0.3, 0.4) is 0 Å². The zero-order chi connectivity index (χ0) is 13.7. The second-order valence-corrected chi connectivity index (χ2v) is 8.27. The molecule has 0 aromatic rings. The van der Waals surface area contributed by atoms with Crippen LogP contribution in [-0.4, -0.2) is 24.0 Å². The van der Waals surface area contributed by atoms with E-state index in [1.807, 2.05) is 41.5 Å². The van der Waals surface area contributed by atoms with Crippen molar-refractivity contribution in [3.05, 3.63) is 5.53 Å². The van der Waals surface area contributed by atoms with Gasteiger partial charge in [0.05, 0.1) is 13.2 Å². The standard InChI is InChI=1S/C11H23N2O3P/c1-10(2,3)7-15-17(14,9-13-12)16-8-11(4,5)6/h9H,7-8H2,1-6H3. The lowest BCUT2D eigenvalue weighted by Gasteiger charge is -2.23. The molecule has 17 heavy (non-hydrogen) atoms. The maximum absolute atomic E-state index is 12.2. The summed E-state index contributed by atoms with van der Waals surface area (Å²) in [6.07, 6.45) is 0. The maximum Gasteiger partial charge on any atom is 0.434 e. The molecule has 0 aromatic heterocycles. The van der Waals surface area contributed by atoms with E-state index in [0.29, 0.717) is 0 Å². The van der Waals surface area contributed by atoms with Crippen molar-refractivity contribution in [2.24, 2.45) is 10.8 Å². The molecule has 5 nitrogen and oxygen atoms in total. The molecule has 0 aliphatic carbocycles. The van der Waals surface area contributed by atoms with E-state index >= 15 is 0 Å². The lowest BCUT2D eigenvalue weighted by Crippen LogP contribution is -2.18. The van der Waals surface area contributed by atoms with Crippen LogP contribution in [0.2, 0.25) is 0 Å². The summed E-state index contributed by atoms with van der Waals surface area (Å²) < 4.78 is 22.7. The summed E-state index contributed by atoms with van der Waals surface area (Å²) in [4.78, 5) is 2.77. The van der Waals surface area contributed by atoms with Crippen LogP contribution in [-0.2, 0) is 13.6 Å². The van der Waals surface area contributed by atoms with Gasteiger partial charge in [0, 0.05) is 0 Å². The Morgan fingerprint density at radius 2 is 1.41 bits per heavy atom. The van der Waals surface area contributed by atoms with Gasteiger partial charge in [-0.2, -0.15) is 4.79 Å². The monoisotopic (exact) mass is 262 g/mol. The van der Waals surface area contributed by atoms with Gasteiger partial charge >= 0.3 is 13.6 Å². The molecule has 6 heteroatoms. The van der Waals surface area contributed by atoms with E-state index < -0.39 is 7.60 Å². The van der Waals surface area contributed by atoms with Crippen LogP contribution in [0.4, 0.5) is 0 Å². The van der Waals surface area contributed by atoms with Gasteiger partial charge in [0.2, 0.25) is 0 Å². The molecule has 0 bridgehead atoms. The normalized spacial score (nSPS) is 13.3. The average Bonchev–Trinajstić information content (AvgIpc) is 2.11. The van der Waals surface area contributed by atoms with Gasteiger partial charge in [-0.3, -0.25) is 0 Å². The van der Waals surface area contributed by atoms with Gasteiger partial charge < -0.3 is 14.6 Å².